The van der Waals surface area contributed by atoms with Gasteiger partial charge in [0.25, 0.3) is 5.91 Å². The molecule has 0 radical (unpaired) electrons. The van der Waals surface area contributed by atoms with E-state index in [4.69, 9.17) is 5.14 Å². The van der Waals surface area contributed by atoms with Crippen LogP contribution >= 0.6 is 0 Å². The highest BCUT2D eigenvalue weighted by Crippen LogP contribution is 2.26. The van der Waals surface area contributed by atoms with Crippen LogP contribution in [0.5, 0.6) is 0 Å². The van der Waals surface area contributed by atoms with Crippen molar-refractivity contribution in [2.24, 2.45) is 10.6 Å². The molecule has 0 spiro atoms. The van der Waals surface area contributed by atoms with Crippen LogP contribution < -0.4 is 15.8 Å². The van der Waals surface area contributed by atoms with E-state index < -0.39 is 10.0 Å². The molecule has 1 amide bonds. The molecule has 2 aromatic rings. The van der Waals surface area contributed by atoms with E-state index in [0.29, 0.717) is 5.56 Å². The smallest absolute Gasteiger partial charge is 0.257 e. The molecule has 0 saturated carbocycles. The number of amides is 1. The van der Waals surface area contributed by atoms with Crippen LogP contribution in [-0.4, -0.2) is 20.9 Å². The quantitative estimate of drug-likeness (QED) is 0.497. The van der Waals surface area contributed by atoms with Crippen LogP contribution in [0.15, 0.2) is 47.4 Å². The van der Waals surface area contributed by atoms with Gasteiger partial charge in [0.2, 0.25) is 10.0 Å². The average molecular weight is 432 g/mol. The fourth-order valence-corrected chi connectivity index (χ4v) is 3.71. The molecule has 0 fully saturated rings. The summed E-state index contributed by atoms with van der Waals surface area (Å²) in [6.45, 7) is 9.49. The third-order valence-corrected chi connectivity index (χ3v) is 5.75. The van der Waals surface area contributed by atoms with Gasteiger partial charge in [-0.1, -0.05) is 52.3 Å². The molecule has 4 N–H and O–H groups in total. The number of hydrogen-bond acceptors (Lipinski definition) is 4. The number of nitrogens with one attached hydrogen (secondary N) is 2. The number of hydrogen-bond donors (Lipinski definition) is 3. The zero-order chi connectivity index (χ0) is 22.4. The first-order chi connectivity index (χ1) is 14.0. The Bertz CT molecular complexity index is 979. The topological polar surface area (TPSA) is 101 Å². The van der Waals surface area contributed by atoms with Crippen LogP contribution in [0, 0.1) is 5.41 Å². The highest BCUT2D eigenvalue weighted by Gasteiger charge is 2.18. The lowest BCUT2D eigenvalue weighted by molar-refractivity contribution is 0.102. The molecule has 0 aliphatic heterocycles. The largest absolute Gasteiger partial charge is 0.384 e. The number of unbranched alkanes of at least 4 members (excludes halogenated alkanes) is 1. The van der Waals surface area contributed by atoms with Crippen molar-refractivity contribution < 1.29 is 13.2 Å². The number of sulfonamides is 1. The Balaban J connectivity index is 2.31. The van der Waals surface area contributed by atoms with Crippen molar-refractivity contribution in [3.63, 3.8) is 0 Å². The fourth-order valence-electron chi connectivity index (χ4n) is 3.02. The van der Waals surface area contributed by atoms with Crippen molar-refractivity contribution in [1.29, 1.82) is 0 Å². The van der Waals surface area contributed by atoms with Gasteiger partial charge in [-0.05, 0) is 54.5 Å². The predicted octanol–water partition coefficient (Wildman–Crippen LogP) is 4.78. The molecule has 7 heteroatoms. The minimum Gasteiger partial charge on any atom is -0.384 e. The number of nitrogens with two attached hydrogens (primary N) is 1. The minimum atomic E-state index is -3.95. The zero-order valence-electron chi connectivity index (χ0n) is 18.3. The van der Waals surface area contributed by atoms with Gasteiger partial charge in [-0.2, -0.15) is 0 Å². The molecule has 0 aromatic heterocycles. The van der Waals surface area contributed by atoms with E-state index in [1.807, 2.05) is 12.1 Å². The summed E-state index contributed by atoms with van der Waals surface area (Å²) < 4.78 is 23.6. The molecule has 2 rings (SSSR count). The van der Waals surface area contributed by atoms with Crippen molar-refractivity contribution in [1.82, 2.24) is 0 Å². The molecule has 0 saturated heterocycles. The Labute approximate surface area is 180 Å². The predicted molar refractivity (Wildman–Crippen MR) is 123 cm³/mol. The first-order valence-electron chi connectivity index (χ1n) is 10.3. The third kappa shape index (κ3) is 7.15. The fraction of sp³-hybridized carbons (Fsp3) is 0.435. The monoisotopic (exact) mass is 431 g/mol. The summed E-state index contributed by atoms with van der Waals surface area (Å²) in [4.78, 5) is 12.9. The molecule has 0 atom stereocenters. The molecule has 0 aliphatic rings. The van der Waals surface area contributed by atoms with Crippen molar-refractivity contribution in [2.75, 3.05) is 17.2 Å². The Morgan fingerprint density at radius 1 is 1.07 bits per heavy atom. The number of anilines is 2. The number of carbonyl (C=O) groups is 1. The summed E-state index contributed by atoms with van der Waals surface area (Å²) in [6.07, 6.45) is 3.98. The normalized spacial score (nSPS) is 11.9. The molecule has 2 aromatic carbocycles. The van der Waals surface area contributed by atoms with E-state index in [1.165, 1.54) is 12.1 Å². The van der Waals surface area contributed by atoms with Gasteiger partial charge in [-0.3, -0.25) is 4.79 Å². The highest BCUT2D eigenvalue weighted by atomic mass is 32.2. The standard InChI is InChI=1S/C23H33N3O3S/c1-5-6-15-25-20-16-17(13-14-23(2,3)4)11-12-18(20)22(27)26-19-9-7-8-10-21(19)30(24,28)29/h7-12,16,25H,5-6,13-15H2,1-4H3,(H,26,27)(H2,24,28,29). The molecular weight excluding hydrogens is 398 g/mol. The number of benzene rings is 2. The molecule has 0 aliphatic carbocycles. The molecule has 0 unspecified atom stereocenters. The number of rotatable bonds is 9. The summed E-state index contributed by atoms with van der Waals surface area (Å²) in [6, 6.07) is 11.9. The Morgan fingerprint density at radius 3 is 2.40 bits per heavy atom. The van der Waals surface area contributed by atoms with Gasteiger partial charge in [0.1, 0.15) is 4.90 Å². The second kappa shape index (κ2) is 10.1. The number of aryl methyl sites for hydroxylation is 1. The van der Waals surface area contributed by atoms with Crippen molar-refractivity contribution in [3.8, 4) is 0 Å². The first kappa shape index (κ1) is 23.9. The second-order valence-corrected chi connectivity index (χ2v) is 10.2. The minimum absolute atomic E-state index is 0.111. The number of primary sulfonamides is 1. The lowest BCUT2D eigenvalue weighted by Gasteiger charge is -2.19. The van der Waals surface area contributed by atoms with E-state index in [1.54, 1.807) is 18.2 Å². The van der Waals surface area contributed by atoms with Gasteiger partial charge in [-0.25, -0.2) is 13.6 Å². The van der Waals surface area contributed by atoms with E-state index in [0.717, 1.165) is 43.5 Å². The van der Waals surface area contributed by atoms with Crippen molar-refractivity contribution >= 4 is 27.3 Å². The summed E-state index contributed by atoms with van der Waals surface area (Å²) in [7, 11) is -3.95. The second-order valence-electron chi connectivity index (χ2n) is 8.72. The molecule has 164 valence electrons. The van der Waals surface area contributed by atoms with E-state index >= 15 is 0 Å². The van der Waals surface area contributed by atoms with Crippen LogP contribution in [0.2, 0.25) is 0 Å². The molecule has 0 heterocycles. The number of para-hydroxylation sites is 1. The maximum absolute atomic E-state index is 13.0. The van der Waals surface area contributed by atoms with Crippen LogP contribution in [0.1, 0.15) is 62.9 Å². The number of carbonyl (C=O) groups excluding carboxylic acids is 1. The zero-order valence-corrected chi connectivity index (χ0v) is 19.1. The van der Waals surface area contributed by atoms with Gasteiger partial charge in [-0.15, -0.1) is 0 Å². The van der Waals surface area contributed by atoms with Crippen molar-refractivity contribution in [3.05, 3.63) is 53.6 Å². The van der Waals surface area contributed by atoms with Gasteiger partial charge in [0.15, 0.2) is 0 Å². The summed E-state index contributed by atoms with van der Waals surface area (Å²) in [5, 5.41) is 11.3. The van der Waals surface area contributed by atoms with Crippen LogP contribution in [-0.2, 0) is 16.4 Å². The SMILES string of the molecule is CCCCNc1cc(CCC(C)(C)C)ccc1C(=O)Nc1ccccc1S(N)(=O)=O. The van der Waals surface area contributed by atoms with E-state index in [9.17, 15) is 13.2 Å². The summed E-state index contributed by atoms with van der Waals surface area (Å²) in [5.41, 5.74) is 2.77. The maximum atomic E-state index is 13.0. The van der Waals surface area contributed by atoms with Gasteiger partial charge in [0.05, 0.1) is 11.3 Å². The van der Waals surface area contributed by atoms with E-state index in [-0.39, 0.29) is 21.9 Å². The first-order valence-corrected chi connectivity index (χ1v) is 11.9. The van der Waals surface area contributed by atoms with Crippen LogP contribution in [0.25, 0.3) is 0 Å². The van der Waals surface area contributed by atoms with Gasteiger partial charge in [0, 0.05) is 12.2 Å². The molecular formula is C23H33N3O3S. The Morgan fingerprint density at radius 2 is 1.77 bits per heavy atom. The lowest BCUT2D eigenvalue weighted by Crippen LogP contribution is -2.19. The van der Waals surface area contributed by atoms with Crippen LogP contribution in [0.4, 0.5) is 11.4 Å². The molecule has 30 heavy (non-hydrogen) atoms. The van der Waals surface area contributed by atoms with Crippen LogP contribution in [0.3, 0.4) is 0 Å². The highest BCUT2D eigenvalue weighted by molar-refractivity contribution is 7.89. The summed E-state index contributed by atoms with van der Waals surface area (Å²) in [5.74, 6) is -0.382. The average Bonchev–Trinajstić information content (AvgIpc) is 2.65. The molecule has 6 nitrogen and oxygen atoms in total. The third-order valence-electron chi connectivity index (χ3n) is 4.78. The maximum Gasteiger partial charge on any atom is 0.257 e. The lowest BCUT2D eigenvalue weighted by atomic mass is 9.88. The Hall–Kier alpha value is -2.38. The van der Waals surface area contributed by atoms with Crippen molar-refractivity contribution in [2.45, 2.75) is 58.3 Å². The Kier molecular flexibility index (Phi) is 8.03. The summed E-state index contributed by atoms with van der Waals surface area (Å²) >= 11 is 0. The van der Waals surface area contributed by atoms with Gasteiger partial charge < -0.3 is 10.6 Å². The van der Waals surface area contributed by atoms with Gasteiger partial charge >= 0.3 is 0 Å². The van der Waals surface area contributed by atoms with E-state index in [2.05, 4.69) is 38.3 Å². The molecule has 0 bridgehead atoms.